The summed E-state index contributed by atoms with van der Waals surface area (Å²) in [4.78, 5) is 0. The lowest BCUT2D eigenvalue weighted by molar-refractivity contribution is 0.0239. The van der Waals surface area contributed by atoms with Crippen LogP contribution in [0.3, 0.4) is 0 Å². The monoisotopic (exact) mass is 275 g/mol. The molecule has 0 atom stereocenters. The van der Waals surface area contributed by atoms with Gasteiger partial charge in [-0.05, 0) is 40.2 Å². The largest absolute Gasteiger partial charge is 0.382 e. The predicted octanol–water partition coefficient (Wildman–Crippen LogP) is 2.61. The fraction of sp³-hybridized carbons (Fsp3) is 1.00. The molecule has 0 aromatic carbocycles. The van der Waals surface area contributed by atoms with E-state index < -0.39 is 0 Å². The molecule has 0 saturated carbocycles. The SMILES string of the molecule is COCCOCCOCCCCCCNC(C)(C)C. The molecule has 19 heavy (non-hydrogen) atoms. The summed E-state index contributed by atoms with van der Waals surface area (Å²) in [5.41, 5.74) is 0.242. The van der Waals surface area contributed by atoms with Gasteiger partial charge in [-0.25, -0.2) is 0 Å². The van der Waals surface area contributed by atoms with E-state index in [9.17, 15) is 0 Å². The van der Waals surface area contributed by atoms with E-state index >= 15 is 0 Å². The van der Waals surface area contributed by atoms with Gasteiger partial charge in [-0.3, -0.25) is 0 Å². The minimum atomic E-state index is 0.242. The molecule has 0 aliphatic carbocycles. The van der Waals surface area contributed by atoms with E-state index in [4.69, 9.17) is 14.2 Å². The van der Waals surface area contributed by atoms with E-state index in [-0.39, 0.29) is 5.54 Å². The summed E-state index contributed by atoms with van der Waals surface area (Å²) >= 11 is 0. The van der Waals surface area contributed by atoms with E-state index in [1.165, 1.54) is 19.3 Å². The Bertz CT molecular complexity index is 181. The Morgan fingerprint density at radius 2 is 1.32 bits per heavy atom. The third kappa shape index (κ3) is 17.8. The second-order valence-corrected chi connectivity index (χ2v) is 5.81. The van der Waals surface area contributed by atoms with Crippen LogP contribution in [0.2, 0.25) is 0 Å². The van der Waals surface area contributed by atoms with Crippen LogP contribution in [0.25, 0.3) is 0 Å². The summed E-state index contributed by atoms with van der Waals surface area (Å²) in [5.74, 6) is 0. The summed E-state index contributed by atoms with van der Waals surface area (Å²) in [5, 5.41) is 3.50. The van der Waals surface area contributed by atoms with Crippen LogP contribution >= 0.6 is 0 Å². The number of hydrogen-bond acceptors (Lipinski definition) is 4. The molecular formula is C15H33NO3. The maximum Gasteiger partial charge on any atom is 0.0701 e. The van der Waals surface area contributed by atoms with Crippen LogP contribution in [0.5, 0.6) is 0 Å². The first-order chi connectivity index (χ1) is 9.06. The van der Waals surface area contributed by atoms with Gasteiger partial charge in [-0.2, -0.15) is 0 Å². The molecule has 0 bridgehead atoms. The fourth-order valence-electron chi connectivity index (χ4n) is 1.61. The smallest absolute Gasteiger partial charge is 0.0701 e. The van der Waals surface area contributed by atoms with Crippen molar-refractivity contribution in [2.75, 3.05) is 46.7 Å². The van der Waals surface area contributed by atoms with Gasteiger partial charge in [0, 0.05) is 19.3 Å². The van der Waals surface area contributed by atoms with Crippen LogP contribution in [0.1, 0.15) is 46.5 Å². The van der Waals surface area contributed by atoms with Gasteiger partial charge >= 0.3 is 0 Å². The first-order valence-electron chi connectivity index (χ1n) is 7.46. The molecule has 4 heteroatoms. The van der Waals surface area contributed by atoms with Crippen molar-refractivity contribution in [2.45, 2.75) is 52.0 Å². The fourth-order valence-corrected chi connectivity index (χ4v) is 1.61. The van der Waals surface area contributed by atoms with Crippen molar-refractivity contribution >= 4 is 0 Å². The maximum absolute atomic E-state index is 5.49. The lowest BCUT2D eigenvalue weighted by atomic mass is 10.1. The highest BCUT2D eigenvalue weighted by atomic mass is 16.5. The summed E-state index contributed by atoms with van der Waals surface area (Å²) in [6.07, 6.45) is 4.91. The van der Waals surface area contributed by atoms with Crippen LogP contribution in [-0.4, -0.2) is 52.2 Å². The number of hydrogen-bond donors (Lipinski definition) is 1. The van der Waals surface area contributed by atoms with E-state index in [0.717, 1.165) is 19.6 Å². The quantitative estimate of drug-likeness (QED) is 0.525. The molecule has 0 rings (SSSR count). The molecule has 116 valence electrons. The minimum Gasteiger partial charge on any atom is -0.382 e. The number of methoxy groups -OCH3 is 1. The van der Waals surface area contributed by atoms with Crippen LogP contribution in [0, 0.1) is 0 Å². The molecule has 0 fully saturated rings. The molecule has 4 nitrogen and oxygen atoms in total. The molecule has 0 aliphatic heterocycles. The second-order valence-electron chi connectivity index (χ2n) is 5.81. The Morgan fingerprint density at radius 3 is 1.95 bits per heavy atom. The van der Waals surface area contributed by atoms with Crippen molar-refractivity contribution in [3.8, 4) is 0 Å². The molecule has 0 aromatic rings. The van der Waals surface area contributed by atoms with Gasteiger partial charge in [0.15, 0.2) is 0 Å². The van der Waals surface area contributed by atoms with Crippen molar-refractivity contribution in [2.24, 2.45) is 0 Å². The summed E-state index contributed by atoms with van der Waals surface area (Å²) in [7, 11) is 1.68. The van der Waals surface area contributed by atoms with E-state index in [1.807, 2.05) is 0 Å². The Morgan fingerprint density at radius 1 is 0.737 bits per heavy atom. The zero-order valence-corrected chi connectivity index (χ0v) is 13.3. The Labute approximate surface area is 119 Å². The molecule has 0 heterocycles. The van der Waals surface area contributed by atoms with Gasteiger partial charge in [-0.1, -0.05) is 12.8 Å². The minimum absolute atomic E-state index is 0.242. The van der Waals surface area contributed by atoms with E-state index in [0.29, 0.717) is 26.4 Å². The molecule has 0 aromatic heterocycles. The van der Waals surface area contributed by atoms with Crippen molar-refractivity contribution in [1.82, 2.24) is 5.32 Å². The van der Waals surface area contributed by atoms with Crippen LogP contribution in [-0.2, 0) is 14.2 Å². The first-order valence-corrected chi connectivity index (χ1v) is 7.46. The highest BCUT2D eigenvalue weighted by Crippen LogP contribution is 2.02. The molecule has 0 radical (unpaired) electrons. The second kappa shape index (κ2) is 12.9. The molecule has 0 amide bonds. The lowest BCUT2D eigenvalue weighted by Crippen LogP contribution is -2.36. The van der Waals surface area contributed by atoms with Crippen LogP contribution in [0.4, 0.5) is 0 Å². The standard InChI is InChI=1S/C15H33NO3/c1-15(2,3)16-9-7-5-6-8-10-18-13-14-19-12-11-17-4/h16H,5-14H2,1-4H3. The number of nitrogens with one attached hydrogen (secondary N) is 1. The predicted molar refractivity (Wildman–Crippen MR) is 79.7 cm³/mol. The summed E-state index contributed by atoms with van der Waals surface area (Å²) < 4.78 is 15.7. The van der Waals surface area contributed by atoms with Gasteiger partial charge < -0.3 is 19.5 Å². The Kier molecular flexibility index (Phi) is 12.7. The maximum atomic E-state index is 5.49. The average molecular weight is 275 g/mol. The van der Waals surface area contributed by atoms with Crippen molar-refractivity contribution in [1.29, 1.82) is 0 Å². The third-order valence-corrected chi connectivity index (χ3v) is 2.67. The Balaban J connectivity index is 2.99. The highest BCUT2D eigenvalue weighted by Gasteiger charge is 2.06. The lowest BCUT2D eigenvalue weighted by Gasteiger charge is -2.20. The molecule has 0 saturated heterocycles. The van der Waals surface area contributed by atoms with Crippen LogP contribution < -0.4 is 5.32 Å². The normalized spacial score (nSPS) is 12.0. The topological polar surface area (TPSA) is 39.7 Å². The van der Waals surface area contributed by atoms with Gasteiger partial charge in [-0.15, -0.1) is 0 Å². The number of rotatable bonds is 13. The highest BCUT2D eigenvalue weighted by molar-refractivity contribution is 4.69. The first kappa shape index (κ1) is 18.8. The molecule has 0 spiro atoms. The number of ether oxygens (including phenoxy) is 3. The van der Waals surface area contributed by atoms with Gasteiger partial charge in [0.2, 0.25) is 0 Å². The van der Waals surface area contributed by atoms with E-state index in [1.54, 1.807) is 7.11 Å². The molecular weight excluding hydrogens is 242 g/mol. The van der Waals surface area contributed by atoms with Crippen molar-refractivity contribution < 1.29 is 14.2 Å². The van der Waals surface area contributed by atoms with Crippen LogP contribution in [0.15, 0.2) is 0 Å². The number of unbranched alkanes of at least 4 members (excludes halogenated alkanes) is 3. The molecule has 0 aliphatic rings. The van der Waals surface area contributed by atoms with Crippen molar-refractivity contribution in [3.05, 3.63) is 0 Å². The van der Waals surface area contributed by atoms with Crippen molar-refractivity contribution in [3.63, 3.8) is 0 Å². The van der Waals surface area contributed by atoms with Gasteiger partial charge in [0.25, 0.3) is 0 Å². The molecule has 0 unspecified atom stereocenters. The zero-order chi connectivity index (χ0) is 14.4. The van der Waals surface area contributed by atoms with Gasteiger partial charge in [0.05, 0.1) is 26.4 Å². The zero-order valence-electron chi connectivity index (χ0n) is 13.3. The average Bonchev–Trinajstić information content (AvgIpc) is 2.34. The molecule has 1 N–H and O–H groups in total. The summed E-state index contributed by atoms with van der Waals surface area (Å²) in [6.45, 7) is 11.2. The Hall–Kier alpha value is -0.160. The third-order valence-electron chi connectivity index (χ3n) is 2.67. The van der Waals surface area contributed by atoms with E-state index in [2.05, 4.69) is 26.1 Å². The summed E-state index contributed by atoms with van der Waals surface area (Å²) in [6, 6.07) is 0. The van der Waals surface area contributed by atoms with Gasteiger partial charge in [0.1, 0.15) is 0 Å².